The summed E-state index contributed by atoms with van der Waals surface area (Å²) in [7, 11) is 1.45. The molecule has 1 aliphatic rings. The van der Waals surface area contributed by atoms with E-state index >= 15 is 0 Å². The first-order chi connectivity index (χ1) is 14.2. The van der Waals surface area contributed by atoms with Gasteiger partial charge in [0.25, 0.3) is 0 Å². The molecule has 1 aliphatic carbocycles. The van der Waals surface area contributed by atoms with Crippen LogP contribution in [0.3, 0.4) is 0 Å². The number of carbonyl (C=O) groups is 1. The van der Waals surface area contributed by atoms with Crippen LogP contribution in [0.5, 0.6) is 0 Å². The molecule has 0 heterocycles. The van der Waals surface area contributed by atoms with E-state index in [0.717, 1.165) is 30.6 Å². The first kappa shape index (κ1) is 27.8. The van der Waals surface area contributed by atoms with Crippen LogP contribution >= 0.6 is 11.8 Å². The molecule has 0 saturated heterocycles. The largest absolute Gasteiger partial charge is 0.468 e. The van der Waals surface area contributed by atoms with Crippen LogP contribution in [0, 0.1) is 22.7 Å². The predicted octanol–water partition coefficient (Wildman–Crippen LogP) is 7.52. The number of ether oxygens (including phenoxy) is 2. The summed E-state index contributed by atoms with van der Waals surface area (Å²) >= 11 is 1.64. The maximum atomic E-state index is 11.2. The summed E-state index contributed by atoms with van der Waals surface area (Å²) < 4.78 is 11.0. The zero-order valence-electron chi connectivity index (χ0n) is 21.1. The fourth-order valence-corrected chi connectivity index (χ4v) is 6.22. The van der Waals surface area contributed by atoms with Crippen LogP contribution in [0.2, 0.25) is 0 Å². The monoisotopic (exact) mass is 442 g/mol. The maximum Gasteiger partial charge on any atom is 0.315 e. The zero-order valence-corrected chi connectivity index (χ0v) is 21.9. The van der Waals surface area contributed by atoms with Crippen molar-refractivity contribution in [2.45, 2.75) is 112 Å². The molecule has 0 amide bonds. The molecule has 3 nitrogen and oxygen atoms in total. The summed E-state index contributed by atoms with van der Waals surface area (Å²) in [4.78, 5) is 11.2. The van der Waals surface area contributed by atoms with E-state index in [2.05, 4.69) is 46.3 Å². The third kappa shape index (κ3) is 8.73. The van der Waals surface area contributed by atoms with Crippen LogP contribution in [0.1, 0.15) is 106 Å². The molecular formula is C26H50O3S. The average Bonchev–Trinajstić information content (AvgIpc) is 2.70. The number of carbonyl (C=O) groups excluding carboxylic acids is 1. The number of rotatable bonds is 15. The molecule has 1 saturated carbocycles. The van der Waals surface area contributed by atoms with Crippen molar-refractivity contribution in [3.05, 3.63) is 0 Å². The van der Waals surface area contributed by atoms with Crippen molar-refractivity contribution in [3.63, 3.8) is 0 Å². The van der Waals surface area contributed by atoms with Crippen molar-refractivity contribution in [1.82, 2.24) is 0 Å². The van der Waals surface area contributed by atoms with E-state index in [9.17, 15) is 4.79 Å². The Morgan fingerprint density at radius 1 is 1.13 bits per heavy atom. The van der Waals surface area contributed by atoms with E-state index in [0.29, 0.717) is 22.7 Å². The molecule has 0 spiro atoms. The van der Waals surface area contributed by atoms with Crippen molar-refractivity contribution in [3.8, 4) is 0 Å². The Kier molecular flexibility index (Phi) is 13.0. The van der Waals surface area contributed by atoms with Crippen molar-refractivity contribution < 1.29 is 14.3 Å². The minimum absolute atomic E-state index is 0.138. The topological polar surface area (TPSA) is 35.5 Å². The van der Waals surface area contributed by atoms with Gasteiger partial charge in [-0.3, -0.25) is 4.79 Å². The van der Waals surface area contributed by atoms with Crippen LogP contribution in [-0.2, 0) is 14.3 Å². The minimum Gasteiger partial charge on any atom is -0.468 e. The third-order valence-corrected chi connectivity index (χ3v) is 8.85. The van der Waals surface area contributed by atoms with E-state index in [1.165, 1.54) is 64.9 Å². The highest BCUT2D eigenvalue weighted by molar-refractivity contribution is 7.99. The van der Waals surface area contributed by atoms with Gasteiger partial charge in [0.1, 0.15) is 0 Å². The molecule has 0 N–H and O–H groups in total. The Morgan fingerprint density at radius 2 is 1.83 bits per heavy atom. The van der Waals surface area contributed by atoms with Gasteiger partial charge in [0.15, 0.2) is 0 Å². The Labute approximate surface area is 191 Å². The first-order valence-corrected chi connectivity index (χ1v) is 13.6. The highest BCUT2D eigenvalue weighted by Crippen LogP contribution is 2.58. The summed E-state index contributed by atoms with van der Waals surface area (Å²) in [6.07, 6.45) is 13.1. The van der Waals surface area contributed by atoms with E-state index < -0.39 is 0 Å². The Hall–Kier alpha value is -0.220. The summed E-state index contributed by atoms with van der Waals surface area (Å²) in [6.45, 7) is 15.5. The van der Waals surface area contributed by atoms with Crippen LogP contribution in [0.25, 0.3) is 0 Å². The molecule has 1 rings (SSSR count). The Morgan fingerprint density at radius 3 is 2.47 bits per heavy atom. The first-order valence-electron chi connectivity index (χ1n) is 12.4. The van der Waals surface area contributed by atoms with E-state index in [1.54, 1.807) is 11.8 Å². The molecule has 178 valence electrons. The van der Waals surface area contributed by atoms with Gasteiger partial charge < -0.3 is 9.47 Å². The van der Waals surface area contributed by atoms with Gasteiger partial charge in [-0.25, -0.2) is 0 Å². The zero-order chi connectivity index (χ0) is 22.6. The van der Waals surface area contributed by atoms with Gasteiger partial charge in [-0.1, -0.05) is 73.6 Å². The Balaban J connectivity index is 2.51. The fourth-order valence-electron chi connectivity index (χ4n) is 5.47. The fraction of sp³-hybridized carbons (Fsp3) is 0.962. The van der Waals surface area contributed by atoms with Crippen molar-refractivity contribution in [2.24, 2.45) is 22.7 Å². The molecule has 4 atom stereocenters. The molecule has 0 aliphatic heterocycles. The minimum atomic E-state index is -0.138. The molecule has 0 aromatic carbocycles. The second-order valence-corrected chi connectivity index (χ2v) is 11.6. The lowest BCUT2D eigenvalue weighted by atomic mass is 9.50. The smallest absolute Gasteiger partial charge is 0.315 e. The average molecular weight is 443 g/mol. The molecule has 1 fully saturated rings. The second kappa shape index (κ2) is 14.0. The quantitative estimate of drug-likeness (QED) is 0.194. The summed E-state index contributed by atoms with van der Waals surface area (Å²) in [6, 6.07) is 0. The van der Waals surface area contributed by atoms with Gasteiger partial charge >= 0.3 is 5.97 Å². The van der Waals surface area contributed by atoms with Crippen LogP contribution < -0.4 is 0 Å². The molecule has 0 aromatic rings. The number of hydrogen-bond acceptors (Lipinski definition) is 4. The number of esters is 1. The lowest BCUT2D eigenvalue weighted by molar-refractivity contribution is -0.137. The van der Waals surface area contributed by atoms with Crippen LogP contribution in [-0.4, -0.2) is 37.3 Å². The summed E-state index contributed by atoms with van der Waals surface area (Å²) in [5.41, 5.74) is 0.777. The SMILES string of the molecule is CCCC1(C)CC(OCCCSCC(=O)OC)CC[C@]1(C)C(C)CCCCC(C)C. The van der Waals surface area contributed by atoms with Crippen molar-refractivity contribution >= 4 is 17.7 Å². The van der Waals surface area contributed by atoms with Gasteiger partial charge in [-0.2, -0.15) is 11.8 Å². The number of hydrogen-bond donors (Lipinski definition) is 0. The van der Waals surface area contributed by atoms with Gasteiger partial charge in [-0.15, -0.1) is 0 Å². The molecular weight excluding hydrogens is 392 g/mol. The summed E-state index contributed by atoms with van der Waals surface area (Å²) in [5, 5.41) is 0. The third-order valence-electron chi connectivity index (χ3n) is 7.83. The predicted molar refractivity (Wildman–Crippen MR) is 131 cm³/mol. The second-order valence-electron chi connectivity index (χ2n) is 10.5. The normalized spacial score (nSPS) is 27.9. The maximum absolute atomic E-state index is 11.2. The van der Waals surface area contributed by atoms with Crippen molar-refractivity contribution in [1.29, 1.82) is 0 Å². The molecule has 30 heavy (non-hydrogen) atoms. The number of thioether (sulfide) groups is 1. The highest BCUT2D eigenvalue weighted by atomic mass is 32.2. The van der Waals surface area contributed by atoms with Crippen LogP contribution in [0.15, 0.2) is 0 Å². The van der Waals surface area contributed by atoms with E-state index in [4.69, 9.17) is 4.74 Å². The number of unbranched alkanes of at least 4 members (excludes halogenated alkanes) is 1. The van der Waals surface area contributed by atoms with Gasteiger partial charge in [0.2, 0.25) is 0 Å². The van der Waals surface area contributed by atoms with Crippen LogP contribution in [0.4, 0.5) is 0 Å². The highest BCUT2D eigenvalue weighted by Gasteiger charge is 2.50. The molecule has 0 bridgehead atoms. The Bertz CT molecular complexity index is 481. The molecule has 0 radical (unpaired) electrons. The molecule has 3 unspecified atom stereocenters. The summed E-state index contributed by atoms with van der Waals surface area (Å²) in [5.74, 6) is 2.87. The lowest BCUT2D eigenvalue weighted by Crippen LogP contribution is -2.49. The van der Waals surface area contributed by atoms with Gasteiger partial charge in [0.05, 0.1) is 19.0 Å². The molecule has 4 heteroatoms. The standard InChI is InChI=1S/C26H50O3S/c1-8-15-25(5)19-23(29-17-11-18-30-20-24(27)28-7)14-16-26(25,6)22(4)13-10-9-12-21(2)3/h21-23H,8-20H2,1-7H3/t22?,23?,25?,26-/m1/s1. The number of methoxy groups -OCH3 is 1. The molecule has 0 aromatic heterocycles. The van der Waals surface area contributed by atoms with Gasteiger partial charge in [0, 0.05) is 6.61 Å². The lowest BCUT2D eigenvalue weighted by Gasteiger charge is -2.56. The van der Waals surface area contributed by atoms with Crippen molar-refractivity contribution in [2.75, 3.05) is 25.2 Å². The van der Waals surface area contributed by atoms with Gasteiger partial charge in [-0.05, 0) is 60.5 Å². The van der Waals surface area contributed by atoms with E-state index in [1.807, 2.05) is 0 Å². The van der Waals surface area contributed by atoms with E-state index in [-0.39, 0.29) is 5.97 Å².